The molecule has 4 N–H and O–H groups in total. The van der Waals surface area contributed by atoms with E-state index in [2.05, 4.69) is 47.3 Å². The Hall–Kier alpha value is -2.93. The summed E-state index contributed by atoms with van der Waals surface area (Å²) >= 11 is 4.31. The normalized spacial score (nSPS) is 11.6. The van der Waals surface area contributed by atoms with Crippen molar-refractivity contribution in [2.75, 3.05) is 35.3 Å². The van der Waals surface area contributed by atoms with Crippen molar-refractivity contribution in [1.29, 1.82) is 0 Å². The summed E-state index contributed by atoms with van der Waals surface area (Å²) in [6, 6.07) is 4.17. The van der Waals surface area contributed by atoms with Gasteiger partial charge in [0, 0.05) is 25.0 Å². The van der Waals surface area contributed by atoms with Crippen LogP contribution in [0.25, 0.3) is 0 Å². The Morgan fingerprint density at radius 1 is 1.31 bits per heavy atom. The van der Waals surface area contributed by atoms with Gasteiger partial charge in [0.15, 0.2) is 10.7 Å². The number of hydrogen-bond acceptors (Lipinski definition) is 10. The highest BCUT2D eigenvalue weighted by Crippen LogP contribution is 2.23. The zero-order valence-corrected chi connectivity index (χ0v) is 17.2. The highest BCUT2D eigenvalue weighted by atomic mass is 79.9. The average molecular weight is 485 g/mol. The van der Waals surface area contributed by atoms with Crippen molar-refractivity contribution in [2.45, 2.75) is 5.03 Å². The molecule has 10 nitrogen and oxygen atoms in total. The fraction of sp³-hybridized carbons (Fsp3) is 0.188. The number of anilines is 3. The van der Waals surface area contributed by atoms with Crippen LogP contribution in [0.4, 0.5) is 21.5 Å². The van der Waals surface area contributed by atoms with Crippen molar-refractivity contribution >= 4 is 50.6 Å². The Morgan fingerprint density at radius 3 is 2.76 bits per heavy atom. The second-order valence-electron chi connectivity index (χ2n) is 5.55. The van der Waals surface area contributed by atoms with E-state index in [9.17, 15) is 19.2 Å². The summed E-state index contributed by atoms with van der Waals surface area (Å²) in [5, 5.41) is 28.7. The van der Waals surface area contributed by atoms with Crippen LogP contribution in [0.2, 0.25) is 0 Å². The molecular weight excluding hydrogens is 471 g/mol. The van der Waals surface area contributed by atoms with E-state index in [1.165, 1.54) is 30.0 Å². The van der Waals surface area contributed by atoms with Crippen molar-refractivity contribution in [2.24, 2.45) is 5.16 Å². The molecule has 152 valence electrons. The number of hydrogen-bond donors (Lipinski definition) is 4. The first-order valence-electron chi connectivity index (χ1n) is 8.11. The largest absolute Gasteiger partial charge is 0.409 e. The molecule has 0 radical (unpaired) electrons. The van der Waals surface area contributed by atoms with E-state index in [0.717, 1.165) is 0 Å². The molecule has 1 heterocycles. The van der Waals surface area contributed by atoms with Crippen molar-refractivity contribution in [3.63, 3.8) is 0 Å². The van der Waals surface area contributed by atoms with Gasteiger partial charge in [0.05, 0.1) is 4.47 Å². The van der Waals surface area contributed by atoms with Crippen LogP contribution in [0.3, 0.4) is 0 Å². The lowest BCUT2D eigenvalue weighted by Crippen LogP contribution is -2.37. The molecule has 0 amide bonds. The summed E-state index contributed by atoms with van der Waals surface area (Å²) in [5.41, 5.74) is 0.000668. The van der Waals surface area contributed by atoms with Crippen molar-refractivity contribution in [3.05, 3.63) is 54.6 Å². The third-order valence-corrected chi connectivity index (χ3v) is 5.33. The lowest BCUT2D eigenvalue weighted by molar-refractivity contribution is 0.297. The van der Waals surface area contributed by atoms with E-state index >= 15 is 0 Å². The van der Waals surface area contributed by atoms with E-state index in [1.807, 2.05) is 0 Å². The summed E-state index contributed by atoms with van der Waals surface area (Å²) in [6.07, 6.45) is 0. The fourth-order valence-electron chi connectivity index (χ4n) is 2.38. The van der Waals surface area contributed by atoms with E-state index in [-0.39, 0.29) is 27.4 Å². The molecule has 1 aromatic heterocycles. The van der Waals surface area contributed by atoms with Crippen LogP contribution in [-0.4, -0.2) is 40.7 Å². The number of halogens is 2. The van der Waals surface area contributed by atoms with E-state index < -0.39 is 16.7 Å². The number of oxime groups is 1. The van der Waals surface area contributed by atoms with Crippen LogP contribution in [0.5, 0.6) is 0 Å². The quantitative estimate of drug-likeness (QED) is 0.0713. The van der Waals surface area contributed by atoms with Crippen LogP contribution in [0.15, 0.2) is 47.1 Å². The standard InChI is InChI=1S/C16H14BrFN6O4S/c1-19-10-11(14(26)13(10)25)20-4-5-29-16-12(23-28-24-16)15(22-27)21-7-2-3-9(18)8(17)6-7/h2-3,6,19-20,27H,4-5H2,1H3,(H,21,22). The molecule has 0 aliphatic carbocycles. The van der Waals surface area contributed by atoms with E-state index in [4.69, 9.17) is 4.63 Å². The molecule has 3 rings (SSSR count). The summed E-state index contributed by atoms with van der Waals surface area (Å²) in [5.74, 6) is -0.0301. The predicted octanol–water partition coefficient (Wildman–Crippen LogP) is 2.06. The molecule has 0 fully saturated rings. The molecule has 0 unspecified atom stereocenters. The number of amidine groups is 1. The van der Waals surface area contributed by atoms with Gasteiger partial charge >= 0.3 is 0 Å². The van der Waals surface area contributed by atoms with Crippen LogP contribution in [0, 0.1) is 5.82 Å². The first-order valence-corrected chi connectivity index (χ1v) is 9.89. The van der Waals surface area contributed by atoms with Crippen LogP contribution in [0.1, 0.15) is 5.69 Å². The zero-order chi connectivity index (χ0) is 21.0. The lowest BCUT2D eigenvalue weighted by atomic mass is 10.2. The van der Waals surface area contributed by atoms with Crippen LogP contribution in [-0.2, 0) is 0 Å². The highest BCUT2D eigenvalue weighted by Gasteiger charge is 2.20. The Balaban J connectivity index is 1.62. The zero-order valence-electron chi connectivity index (χ0n) is 14.8. The molecule has 0 aliphatic rings. The average Bonchev–Trinajstić information content (AvgIpc) is 3.18. The Bertz CT molecular complexity index is 1130. The number of aromatic nitrogens is 2. The molecular formula is C16H14BrFN6O4S. The summed E-state index contributed by atoms with van der Waals surface area (Å²) in [4.78, 5) is 22.9. The Kier molecular flexibility index (Phi) is 6.49. The molecule has 13 heteroatoms. The van der Waals surface area contributed by atoms with Gasteiger partial charge in [-0.1, -0.05) is 16.9 Å². The summed E-state index contributed by atoms with van der Waals surface area (Å²) < 4.78 is 18.3. The third kappa shape index (κ3) is 4.40. The minimum Gasteiger partial charge on any atom is -0.409 e. The monoisotopic (exact) mass is 484 g/mol. The number of nitrogens with zero attached hydrogens (tertiary/aromatic N) is 3. The number of benzene rings is 1. The maximum atomic E-state index is 13.4. The molecule has 0 spiro atoms. The molecule has 0 saturated carbocycles. The van der Waals surface area contributed by atoms with Crippen molar-refractivity contribution < 1.29 is 14.2 Å². The minimum atomic E-state index is -0.562. The SMILES string of the molecule is CNc1c(NCCSc2nonc2/C(=N/O)Nc2ccc(F)c(Br)c2)c(=O)c1=O. The summed E-state index contributed by atoms with van der Waals surface area (Å²) in [7, 11) is 1.56. The molecule has 0 atom stereocenters. The minimum absolute atomic E-state index is 0.0415. The van der Waals surface area contributed by atoms with Gasteiger partial charge in [0.2, 0.25) is 5.84 Å². The number of rotatable bonds is 8. The maximum absolute atomic E-state index is 13.4. The van der Waals surface area contributed by atoms with Crippen molar-refractivity contribution in [3.8, 4) is 0 Å². The maximum Gasteiger partial charge on any atom is 0.253 e. The van der Waals surface area contributed by atoms with Gasteiger partial charge in [-0.25, -0.2) is 9.02 Å². The molecule has 3 aromatic rings. The number of nitrogens with one attached hydrogen (secondary N) is 3. The molecule has 0 aliphatic heterocycles. The van der Waals surface area contributed by atoms with Crippen molar-refractivity contribution in [1.82, 2.24) is 10.3 Å². The lowest BCUT2D eigenvalue weighted by Gasteiger charge is -2.12. The number of thioether (sulfide) groups is 1. The topological polar surface area (TPSA) is 142 Å². The fourth-order valence-corrected chi connectivity index (χ4v) is 3.52. The third-order valence-electron chi connectivity index (χ3n) is 3.77. The highest BCUT2D eigenvalue weighted by molar-refractivity contribution is 9.10. The van der Waals surface area contributed by atoms with Gasteiger partial charge in [-0.2, -0.15) is 0 Å². The van der Waals surface area contributed by atoms with Gasteiger partial charge in [0.25, 0.3) is 10.9 Å². The molecule has 0 bridgehead atoms. The van der Waals surface area contributed by atoms with Gasteiger partial charge in [-0.15, -0.1) is 0 Å². The van der Waals surface area contributed by atoms with Gasteiger partial charge < -0.3 is 21.2 Å². The van der Waals surface area contributed by atoms with Gasteiger partial charge in [-0.05, 0) is 44.4 Å². The molecule has 29 heavy (non-hydrogen) atoms. The second kappa shape index (κ2) is 9.05. The van der Waals surface area contributed by atoms with Gasteiger partial charge in [-0.3, -0.25) is 9.59 Å². The predicted molar refractivity (Wildman–Crippen MR) is 110 cm³/mol. The Labute approximate surface area is 175 Å². The van der Waals surface area contributed by atoms with Gasteiger partial charge in [0.1, 0.15) is 17.2 Å². The molecule has 0 saturated heterocycles. The first-order chi connectivity index (χ1) is 14.0. The van der Waals surface area contributed by atoms with Crippen LogP contribution < -0.4 is 26.8 Å². The first kappa shape index (κ1) is 20.8. The smallest absolute Gasteiger partial charge is 0.253 e. The van der Waals surface area contributed by atoms with Crippen LogP contribution >= 0.6 is 27.7 Å². The summed E-state index contributed by atoms with van der Waals surface area (Å²) in [6.45, 7) is 0.362. The second-order valence-corrected chi connectivity index (χ2v) is 7.49. The molecule has 2 aromatic carbocycles. The Morgan fingerprint density at radius 2 is 2.07 bits per heavy atom. The van der Waals surface area contributed by atoms with E-state index in [0.29, 0.717) is 23.0 Å². The van der Waals surface area contributed by atoms with E-state index in [1.54, 1.807) is 7.05 Å².